The number of para-hydroxylation sites is 2. The van der Waals surface area contributed by atoms with E-state index in [0.29, 0.717) is 30.2 Å². The molecule has 0 saturated heterocycles. The van der Waals surface area contributed by atoms with Gasteiger partial charge in [0.25, 0.3) is 5.91 Å². The van der Waals surface area contributed by atoms with E-state index < -0.39 is 6.09 Å². The number of hydrogen-bond acceptors (Lipinski definition) is 5. The van der Waals surface area contributed by atoms with E-state index in [-0.39, 0.29) is 17.4 Å². The number of ether oxygens (including phenoxy) is 1. The molecular weight excluding hydrogens is 384 g/mol. The second kappa shape index (κ2) is 8.12. The van der Waals surface area contributed by atoms with Crippen molar-refractivity contribution in [3.8, 4) is 5.75 Å². The smallest absolute Gasteiger partial charge is 0.410 e. The average molecular weight is 404 g/mol. The molecule has 0 saturated carbocycles. The lowest BCUT2D eigenvalue weighted by Crippen LogP contribution is -2.26. The second-order valence-corrected chi connectivity index (χ2v) is 6.81. The molecule has 152 valence electrons. The number of rotatable bonds is 5. The minimum atomic E-state index is -1.26. The number of aromatic nitrogens is 1. The van der Waals surface area contributed by atoms with E-state index in [4.69, 9.17) is 9.84 Å². The first-order chi connectivity index (χ1) is 14.5. The minimum absolute atomic E-state index is 0.0578. The fraction of sp³-hybridized carbons (Fsp3) is 0.136. The molecule has 1 aromatic heterocycles. The maximum Gasteiger partial charge on any atom is 0.410 e. The molecular formula is C22H20N4O4. The van der Waals surface area contributed by atoms with Gasteiger partial charge in [-0.1, -0.05) is 36.4 Å². The van der Waals surface area contributed by atoms with Crippen molar-refractivity contribution in [2.75, 3.05) is 17.7 Å². The van der Waals surface area contributed by atoms with Gasteiger partial charge in [0.05, 0.1) is 12.8 Å². The Bertz CT molecular complexity index is 1090. The summed E-state index contributed by atoms with van der Waals surface area (Å²) >= 11 is 0. The molecule has 30 heavy (non-hydrogen) atoms. The number of carboxylic acid groups (broad SMARTS) is 1. The van der Waals surface area contributed by atoms with Crippen molar-refractivity contribution in [3.05, 3.63) is 77.5 Å². The van der Waals surface area contributed by atoms with Crippen LogP contribution < -0.4 is 15.4 Å². The number of carbonyl (C=O) groups is 2. The topological polar surface area (TPSA) is 104 Å². The molecule has 8 heteroatoms. The van der Waals surface area contributed by atoms with Gasteiger partial charge in [0, 0.05) is 24.8 Å². The summed E-state index contributed by atoms with van der Waals surface area (Å²) in [4.78, 5) is 30.2. The number of hydrogen-bond donors (Lipinski definition) is 3. The molecule has 0 spiro atoms. The Kier molecular flexibility index (Phi) is 5.21. The largest absolute Gasteiger partial charge is 0.495 e. The zero-order valence-electron chi connectivity index (χ0n) is 16.3. The summed E-state index contributed by atoms with van der Waals surface area (Å²) in [6.45, 7) is 0.977. The number of fused-ring (bicyclic) bond motifs is 1. The fourth-order valence-corrected chi connectivity index (χ4v) is 3.43. The van der Waals surface area contributed by atoms with Gasteiger partial charge in [-0.25, -0.2) is 9.78 Å². The molecule has 0 unspecified atom stereocenters. The molecule has 2 heterocycles. The molecule has 0 atom stereocenters. The molecule has 0 bridgehead atoms. The van der Waals surface area contributed by atoms with Crippen molar-refractivity contribution >= 4 is 29.2 Å². The highest BCUT2D eigenvalue weighted by Crippen LogP contribution is 2.29. The highest BCUT2D eigenvalue weighted by Gasteiger charge is 2.25. The Morgan fingerprint density at radius 1 is 1.03 bits per heavy atom. The van der Waals surface area contributed by atoms with Gasteiger partial charge < -0.3 is 20.1 Å². The van der Waals surface area contributed by atoms with Gasteiger partial charge in [-0.15, -0.1) is 0 Å². The second-order valence-electron chi connectivity index (χ2n) is 6.81. The van der Waals surface area contributed by atoms with Crippen LogP contribution in [0, 0.1) is 0 Å². The molecule has 1 aliphatic heterocycles. The van der Waals surface area contributed by atoms with Crippen molar-refractivity contribution in [2.45, 2.75) is 13.1 Å². The summed E-state index contributed by atoms with van der Waals surface area (Å²) in [6, 6.07) is 18.3. The maximum atomic E-state index is 13.1. The van der Waals surface area contributed by atoms with Crippen LogP contribution in [0.3, 0.4) is 0 Å². The Morgan fingerprint density at radius 2 is 1.70 bits per heavy atom. The number of nitrogens with one attached hydrogen (secondary N) is 2. The third-order valence-electron chi connectivity index (χ3n) is 4.79. The van der Waals surface area contributed by atoms with Crippen molar-refractivity contribution in [1.29, 1.82) is 0 Å². The minimum Gasteiger partial charge on any atom is -0.495 e. The molecule has 3 N–H and O–H groups in total. The van der Waals surface area contributed by atoms with Gasteiger partial charge >= 0.3 is 6.09 Å². The van der Waals surface area contributed by atoms with Crippen LogP contribution in [0.2, 0.25) is 0 Å². The van der Waals surface area contributed by atoms with E-state index in [2.05, 4.69) is 15.6 Å². The zero-order chi connectivity index (χ0) is 21.1. The van der Waals surface area contributed by atoms with Crippen LogP contribution in [0.4, 0.5) is 22.0 Å². The molecule has 0 aliphatic carbocycles. The quantitative estimate of drug-likeness (QED) is 0.592. The standard InChI is InChI=1S/C22H20N4O4/c1-30-19-9-5-4-8-17(19)23-16-10-18(24-20(11-16)25-22(28)29)21(27)26-12-14-6-2-3-7-15(14)13-26/h2-11H,12-13H2,1H3,(H,28,29)(H2,23,24,25). The van der Waals surface area contributed by atoms with E-state index >= 15 is 0 Å². The number of benzene rings is 2. The van der Waals surface area contributed by atoms with E-state index in [1.54, 1.807) is 24.1 Å². The monoisotopic (exact) mass is 404 g/mol. The Morgan fingerprint density at radius 3 is 2.37 bits per heavy atom. The van der Waals surface area contributed by atoms with Crippen LogP contribution in [-0.2, 0) is 13.1 Å². The molecule has 3 aromatic rings. The summed E-state index contributed by atoms with van der Waals surface area (Å²) in [5, 5.41) is 14.5. The third kappa shape index (κ3) is 4.02. The predicted molar refractivity (Wildman–Crippen MR) is 112 cm³/mol. The SMILES string of the molecule is COc1ccccc1Nc1cc(NC(=O)O)nc(C(=O)N2Cc3ccccc3C2)c1. The number of nitrogens with zero attached hydrogens (tertiary/aromatic N) is 2. The van der Waals surface area contributed by atoms with Crippen LogP contribution in [0.1, 0.15) is 21.6 Å². The first kappa shape index (κ1) is 19.3. The van der Waals surface area contributed by atoms with Crippen LogP contribution in [0.15, 0.2) is 60.7 Å². The third-order valence-corrected chi connectivity index (χ3v) is 4.79. The van der Waals surface area contributed by atoms with E-state index in [9.17, 15) is 9.59 Å². The lowest BCUT2D eigenvalue weighted by molar-refractivity contribution is 0.0745. The van der Waals surface area contributed by atoms with E-state index in [0.717, 1.165) is 11.1 Å². The van der Waals surface area contributed by atoms with Gasteiger partial charge in [-0.3, -0.25) is 10.1 Å². The van der Waals surface area contributed by atoms with Crippen LogP contribution in [0.25, 0.3) is 0 Å². The highest BCUT2D eigenvalue weighted by molar-refractivity contribution is 5.95. The number of methoxy groups -OCH3 is 1. The molecule has 0 fully saturated rings. The normalized spacial score (nSPS) is 12.2. The van der Waals surface area contributed by atoms with Crippen molar-refractivity contribution in [3.63, 3.8) is 0 Å². The Balaban J connectivity index is 1.65. The zero-order valence-corrected chi connectivity index (χ0v) is 16.3. The van der Waals surface area contributed by atoms with Crippen LogP contribution in [0.5, 0.6) is 5.75 Å². The molecule has 0 radical (unpaired) electrons. The first-order valence-electron chi connectivity index (χ1n) is 9.31. The van der Waals surface area contributed by atoms with Crippen LogP contribution in [-0.4, -0.2) is 34.1 Å². The fourth-order valence-electron chi connectivity index (χ4n) is 3.43. The number of pyridine rings is 1. The van der Waals surface area contributed by atoms with Gasteiger partial charge in [-0.2, -0.15) is 0 Å². The number of carbonyl (C=O) groups excluding carboxylic acids is 1. The maximum absolute atomic E-state index is 13.1. The van der Waals surface area contributed by atoms with Gasteiger partial charge in [0.2, 0.25) is 0 Å². The average Bonchev–Trinajstić information content (AvgIpc) is 3.17. The first-order valence-corrected chi connectivity index (χ1v) is 9.31. The highest BCUT2D eigenvalue weighted by atomic mass is 16.5. The summed E-state index contributed by atoms with van der Waals surface area (Å²) < 4.78 is 5.34. The predicted octanol–water partition coefficient (Wildman–Crippen LogP) is 4.08. The Labute approximate surface area is 173 Å². The van der Waals surface area contributed by atoms with Crippen LogP contribution >= 0.6 is 0 Å². The Hall–Kier alpha value is -4.07. The van der Waals surface area contributed by atoms with Crippen molar-refractivity contribution < 1.29 is 19.4 Å². The lowest BCUT2D eigenvalue weighted by Gasteiger charge is -2.17. The lowest BCUT2D eigenvalue weighted by atomic mass is 10.1. The van der Waals surface area contributed by atoms with Gasteiger partial charge in [-0.05, 0) is 29.3 Å². The summed E-state index contributed by atoms with van der Waals surface area (Å²) in [5.74, 6) is 0.399. The van der Waals surface area contributed by atoms with Gasteiger partial charge in [0.1, 0.15) is 17.3 Å². The van der Waals surface area contributed by atoms with Crippen molar-refractivity contribution in [2.24, 2.45) is 0 Å². The summed E-state index contributed by atoms with van der Waals surface area (Å²) in [6.07, 6.45) is -1.26. The molecule has 8 nitrogen and oxygen atoms in total. The van der Waals surface area contributed by atoms with E-state index in [1.807, 2.05) is 42.5 Å². The summed E-state index contributed by atoms with van der Waals surface area (Å²) in [5.41, 5.74) is 3.53. The number of amides is 2. The molecule has 2 aromatic carbocycles. The molecule has 4 rings (SSSR count). The summed E-state index contributed by atoms with van der Waals surface area (Å²) in [7, 11) is 1.56. The van der Waals surface area contributed by atoms with E-state index in [1.165, 1.54) is 6.07 Å². The van der Waals surface area contributed by atoms with Gasteiger partial charge in [0.15, 0.2) is 0 Å². The molecule has 2 amide bonds. The van der Waals surface area contributed by atoms with Crippen molar-refractivity contribution in [1.82, 2.24) is 9.88 Å². The number of anilines is 3. The molecule has 1 aliphatic rings.